The van der Waals surface area contributed by atoms with Gasteiger partial charge in [0.05, 0.1) is 12.0 Å². The Hall–Kier alpha value is -1.07. The van der Waals surface area contributed by atoms with Gasteiger partial charge in [-0.25, -0.2) is 0 Å². The lowest BCUT2D eigenvalue weighted by Gasteiger charge is -2.26. The minimum Gasteiger partial charge on any atom is -0.327 e. The fourth-order valence-corrected chi connectivity index (χ4v) is 2.67. The highest BCUT2D eigenvalue weighted by Gasteiger charge is 2.29. The predicted octanol–water partition coefficient (Wildman–Crippen LogP) is 2.92. The number of nitrogens with two attached hydrogens (primary N) is 1. The van der Waals surface area contributed by atoms with Crippen molar-refractivity contribution in [1.82, 2.24) is 0 Å². The maximum Gasteiger partial charge on any atom is 0.0727 e. The molecule has 2 heteroatoms. The Labute approximate surface area is 97.8 Å². The maximum absolute atomic E-state index is 9.20. The van der Waals surface area contributed by atoms with Gasteiger partial charge in [-0.3, -0.25) is 0 Å². The van der Waals surface area contributed by atoms with E-state index in [0.29, 0.717) is 0 Å². The lowest BCUT2D eigenvalue weighted by atomic mass is 9.80. The Balaban J connectivity index is 2.33. The van der Waals surface area contributed by atoms with Crippen LogP contribution in [0.2, 0.25) is 0 Å². The molecule has 0 aromatic heterocycles. The first-order chi connectivity index (χ1) is 7.52. The van der Waals surface area contributed by atoms with Crippen molar-refractivity contribution in [2.45, 2.75) is 45.6 Å². The van der Waals surface area contributed by atoms with Gasteiger partial charge in [-0.05, 0) is 36.7 Å². The van der Waals surface area contributed by atoms with Crippen LogP contribution in [0.1, 0.15) is 39.5 Å². The number of nitriles is 1. The SMILES string of the molecule is CC1(C)C=CC2=C(CC1)CC(N)CC2C#N. The third kappa shape index (κ3) is 2.20. The summed E-state index contributed by atoms with van der Waals surface area (Å²) in [4.78, 5) is 0. The highest BCUT2D eigenvalue weighted by molar-refractivity contribution is 5.37. The van der Waals surface area contributed by atoms with Gasteiger partial charge in [-0.15, -0.1) is 0 Å². The number of allylic oxidation sites excluding steroid dienone is 3. The first-order valence-electron chi connectivity index (χ1n) is 6.08. The molecule has 0 saturated carbocycles. The molecule has 0 aromatic rings. The van der Waals surface area contributed by atoms with E-state index in [4.69, 9.17) is 5.73 Å². The van der Waals surface area contributed by atoms with Crippen molar-refractivity contribution in [3.8, 4) is 6.07 Å². The summed E-state index contributed by atoms with van der Waals surface area (Å²) < 4.78 is 0. The van der Waals surface area contributed by atoms with Gasteiger partial charge in [0, 0.05) is 6.04 Å². The molecule has 2 rings (SSSR count). The topological polar surface area (TPSA) is 49.8 Å². The highest BCUT2D eigenvalue weighted by Crippen LogP contribution is 2.39. The van der Waals surface area contributed by atoms with Crippen LogP contribution in [0.15, 0.2) is 23.3 Å². The van der Waals surface area contributed by atoms with Gasteiger partial charge in [-0.1, -0.05) is 31.6 Å². The van der Waals surface area contributed by atoms with E-state index in [9.17, 15) is 5.26 Å². The molecule has 0 fully saturated rings. The van der Waals surface area contributed by atoms with Crippen molar-refractivity contribution in [2.24, 2.45) is 17.1 Å². The van der Waals surface area contributed by atoms with E-state index in [1.807, 2.05) is 0 Å². The average Bonchev–Trinajstić information content (AvgIpc) is 2.37. The van der Waals surface area contributed by atoms with Crippen LogP contribution >= 0.6 is 0 Å². The largest absolute Gasteiger partial charge is 0.327 e. The Morgan fingerprint density at radius 3 is 2.94 bits per heavy atom. The monoisotopic (exact) mass is 216 g/mol. The summed E-state index contributed by atoms with van der Waals surface area (Å²) in [5, 5.41) is 9.20. The first kappa shape index (κ1) is 11.4. The van der Waals surface area contributed by atoms with Crippen LogP contribution in [-0.4, -0.2) is 6.04 Å². The molecule has 86 valence electrons. The van der Waals surface area contributed by atoms with E-state index in [0.717, 1.165) is 25.7 Å². The normalized spacial score (nSPS) is 32.9. The third-order valence-electron chi connectivity index (χ3n) is 3.77. The summed E-state index contributed by atoms with van der Waals surface area (Å²) in [7, 11) is 0. The van der Waals surface area contributed by atoms with Gasteiger partial charge in [0.2, 0.25) is 0 Å². The number of hydrogen-bond acceptors (Lipinski definition) is 2. The smallest absolute Gasteiger partial charge is 0.0727 e. The van der Waals surface area contributed by atoms with Crippen LogP contribution in [0, 0.1) is 22.7 Å². The second kappa shape index (κ2) is 4.07. The Bertz CT molecular complexity index is 382. The molecule has 2 atom stereocenters. The molecule has 0 heterocycles. The molecule has 0 amide bonds. The number of rotatable bonds is 0. The van der Waals surface area contributed by atoms with Gasteiger partial charge in [0.1, 0.15) is 0 Å². The molecule has 2 nitrogen and oxygen atoms in total. The highest BCUT2D eigenvalue weighted by atomic mass is 14.6. The minimum atomic E-state index is 0.0175. The molecular weight excluding hydrogens is 196 g/mol. The molecule has 0 aliphatic heterocycles. The van der Waals surface area contributed by atoms with Crippen LogP contribution in [0.4, 0.5) is 0 Å². The summed E-state index contributed by atoms with van der Waals surface area (Å²) in [6, 6.07) is 2.58. The van der Waals surface area contributed by atoms with E-state index in [-0.39, 0.29) is 17.4 Å². The molecule has 2 aliphatic carbocycles. The zero-order valence-electron chi connectivity index (χ0n) is 10.2. The summed E-state index contributed by atoms with van der Waals surface area (Å²) >= 11 is 0. The van der Waals surface area contributed by atoms with Crippen molar-refractivity contribution >= 4 is 0 Å². The van der Waals surface area contributed by atoms with Gasteiger partial charge in [0.25, 0.3) is 0 Å². The lowest BCUT2D eigenvalue weighted by molar-refractivity contribution is 0.429. The maximum atomic E-state index is 9.20. The van der Waals surface area contributed by atoms with Crippen LogP contribution in [0.25, 0.3) is 0 Å². The molecule has 2 N–H and O–H groups in total. The number of hydrogen-bond donors (Lipinski definition) is 1. The Kier molecular flexibility index (Phi) is 2.90. The van der Waals surface area contributed by atoms with E-state index in [2.05, 4.69) is 32.1 Å². The molecule has 0 saturated heterocycles. The standard InChI is InChI=1S/C14H20N2/c1-14(2)5-3-10-7-12(16)8-11(9-15)13(10)4-6-14/h4,6,11-12H,3,5,7-8,16H2,1-2H3. The second-order valence-corrected chi connectivity index (χ2v) is 5.76. The molecule has 0 bridgehead atoms. The second-order valence-electron chi connectivity index (χ2n) is 5.76. The van der Waals surface area contributed by atoms with Crippen molar-refractivity contribution in [3.63, 3.8) is 0 Å². The summed E-state index contributed by atoms with van der Waals surface area (Å²) in [6.45, 7) is 4.51. The van der Waals surface area contributed by atoms with Crippen LogP contribution in [0.5, 0.6) is 0 Å². The van der Waals surface area contributed by atoms with E-state index in [1.165, 1.54) is 11.1 Å². The molecule has 2 aliphatic rings. The summed E-state index contributed by atoms with van der Waals surface area (Å²) in [5.41, 5.74) is 8.95. The molecule has 16 heavy (non-hydrogen) atoms. The fraction of sp³-hybridized carbons (Fsp3) is 0.643. The quantitative estimate of drug-likeness (QED) is 0.677. The molecule has 2 unspecified atom stereocenters. The van der Waals surface area contributed by atoms with Crippen molar-refractivity contribution < 1.29 is 0 Å². The van der Waals surface area contributed by atoms with Gasteiger partial charge in [-0.2, -0.15) is 5.26 Å². The van der Waals surface area contributed by atoms with Gasteiger partial charge >= 0.3 is 0 Å². The minimum absolute atomic E-state index is 0.0175. The molecule has 0 aromatic carbocycles. The summed E-state index contributed by atoms with van der Waals surface area (Å²) in [5.74, 6) is 0.0175. The predicted molar refractivity (Wildman–Crippen MR) is 65.5 cm³/mol. The average molecular weight is 216 g/mol. The third-order valence-corrected chi connectivity index (χ3v) is 3.77. The van der Waals surface area contributed by atoms with E-state index >= 15 is 0 Å². The van der Waals surface area contributed by atoms with E-state index in [1.54, 1.807) is 0 Å². The van der Waals surface area contributed by atoms with Crippen LogP contribution in [-0.2, 0) is 0 Å². The van der Waals surface area contributed by atoms with E-state index < -0.39 is 0 Å². The summed E-state index contributed by atoms with van der Waals surface area (Å²) in [6.07, 6.45) is 8.50. The molecule has 0 spiro atoms. The van der Waals surface area contributed by atoms with Crippen LogP contribution < -0.4 is 5.73 Å². The lowest BCUT2D eigenvalue weighted by Crippen LogP contribution is -2.29. The fourth-order valence-electron chi connectivity index (χ4n) is 2.67. The van der Waals surface area contributed by atoms with Crippen molar-refractivity contribution in [3.05, 3.63) is 23.3 Å². The Morgan fingerprint density at radius 2 is 2.25 bits per heavy atom. The van der Waals surface area contributed by atoms with Crippen LogP contribution in [0.3, 0.4) is 0 Å². The molecular formula is C14H20N2. The molecule has 0 radical (unpaired) electrons. The van der Waals surface area contributed by atoms with Crippen molar-refractivity contribution in [2.75, 3.05) is 0 Å². The van der Waals surface area contributed by atoms with Gasteiger partial charge < -0.3 is 5.73 Å². The zero-order chi connectivity index (χ0) is 11.8. The van der Waals surface area contributed by atoms with Crippen molar-refractivity contribution in [1.29, 1.82) is 5.26 Å². The first-order valence-corrected chi connectivity index (χ1v) is 6.08. The van der Waals surface area contributed by atoms with Gasteiger partial charge in [0.15, 0.2) is 0 Å². The Morgan fingerprint density at radius 1 is 1.50 bits per heavy atom. The zero-order valence-corrected chi connectivity index (χ0v) is 10.2. The number of nitrogens with zero attached hydrogens (tertiary/aromatic N) is 1.